The maximum atomic E-state index is 11.3. The zero-order chi connectivity index (χ0) is 11.3. The van der Waals surface area contributed by atoms with Gasteiger partial charge in [0.05, 0.1) is 24.8 Å². The molecule has 1 atom stereocenters. The first-order valence-electron chi connectivity index (χ1n) is 4.37. The molecule has 1 heterocycles. The van der Waals surface area contributed by atoms with E-state index in [1.165, 1.54) is 11.3 Å². The topological polar surface area (TPSA) is 108 Å². The minimum absolute atomic E-state index is 0.0367. The summed E-state index contributed by atoms with van der Waals surface area (Å²) in [5, 5.41) is 22.1. The molecule has 0 aliphatic rings. The van der Waals surface area contributed by atoms with E-state index in [4.69, 9.17) is 15.9 Å². The highest BCUT2D eigenvalue weighted by molar-refractivity contribution is 7.13. The first kappa shape index (κ1) is 11.9. The van der Waals surface area contributed by atoms with Crippen molar-refractivity contribution in [3.63, 3.8) is 0 Å². The number of anilines is 1. The highest BCUT2D eigenvalue weighted by Gasteiger charge is 2.08. The molecule has 1 aromatic heterocycles. The lowest BCUT2D eigenvalue weighted by atomic mass is 10.3. The number of nitrogen functional groups attached to an aromatic ring is 1. The third kappa shape index (κ3) is 4.24. The predicted octanol–water partition coefficient (Wildman–Crippen LogP) is -1.26. The van der Waals surface area contributed by atoms with Gasteiger partial charge in [0.25, 0.3) is 0 Å². The van der Waals surface area contributed by atoms with Gasteiger partial charge in [0, 0.05) is 11.9 Å². The number of carbonyl (C=O) groups excluding carboxylic acids is 1. The average Bonchev–Trinajstić information content (AvgIpc) is 2.60. The van der Waals surface area contributed by atoms with Crippen molar-refractivity contribution >= 4 is 22.4 Å². The number of nitrogens with zero attached hydrogens (tertiary/aromatic N) is 1. The Morgan fingerprint density at radius 2 is 2.47 bits per heavy atom. The molecule has 1 rings (SSSR count). The Kier molecular flexibility index (Phi) is 4.47. The largest absolute Gasteiger partial charge is 0.394 e. The van der Waals surface area contributed by atoms with Crippen LogP contribution < -0.4 is 11.1 Å². The summed E-state index contributed by atoms with van der Waals surface area (Å²) in [5.74, 6) is -0.257. The molecule has 0 aliphatic carbocycles. The van der Waals surface area contributed by atoms with Crippen molar-refractivity contribution in [1.29, 1.82) is 0 Å². The summed E-state index contributed by atoms with van der Waals surface area (Å²) in [4.78, 5) is 15.2. The van der Waals surface area contributed by atoms with Crippen LogP contribution in [0.4, 0.5) is 5.13 Å². The molecule has 0 spiro atoms. The van der Waals surface area contributed by atoms with Gasteiger partial charge in [-0.3, -0.25) is 4.79 Å². The summed E-state index contributed by atoms with van der Waals surface area (Å²) in [7, 11) is 0. The van der Waals surface area contributed by atoms with Crippen LogP contribution in [0, 0.1) is 0 Å². The van der Waals surface area contributed by atoms with Gasteiger partial charge < -0.3 is 21.3 Å². The van der Waals surface area contributed by atoms with Gasteiger partial charge in [0.1, 0.15) is 0 Å². The van der Waals surface area contributed by atoms with E-state index in [-0.39, 0.29) is 25.5 Å². The third-order valence-corrected chi connectivity index (χ3v) is 2.38. The molecule has 0 bridgehead atoms. The van der Waals surface area contributed by atoms with Gasteiger partial charge in [-0.2, -0.15) is 0 Å². The molecule has 0 saturated carbocycles. The van der Waals surface area contributed by atoms with Crippen molar-refractivity contribution in [2.24, 2.45) is 0 Å². The lowest BCUT2D eigenvalue weighted by Crippen LogP contribution is -2.34. The Bertz CT molecular complexity index is 329. The molecule has 1 unspecified atom stereocenters. The predicted molar refractivity (Wildman–Crippen MR) is 56.3 cm³/mol. The number of hydrogen-bond donors (Lipinski definition) is 4. The summed E-state index contributed by atoms with van der Waals surface area (Å²) in [6.07, 6.45) is -0.791. The van der Waals surface area contributed by atoms with E-state index in [1.54, 1.807) is 5.38 Å². The van der Waals surface area contributed by atoms with Gasteiger partial charge in [-0.05, 0) is 0 Å². The Balaban J connectivity index is 2.30. The zero-order valence-corrected chi connectivity index (χ0v) is 8.83. The molecule has 6 nitrogen and oxygen atoms in total. The summed E-state index contributed by atoms with van der Waals surface area (Å²) in [5.41, 5.74) is 6.01. The second kappa shape index (κ2) is 5.64. The minimum atomic E-state index is -0.922. The minimum Gasteiger partial charge on any atom is -0.394 e. The number of carbonyl (C=O) groups is 1. The van der Waals surface area contributed by atoms with Gasteiger partial charge >= 0.3 is 0 Å². The quantitative estimate of drug-likeness (QED) is 0.505. The molecule has 0 saturated heterocycles. The normalized spacial score (nSPS) is 12.4. The Labute approximate surface area is 90.8 Å². The van der Waals surface area contributed by atoms with Gasteiger partial charge in [-0.25, -0.2) is 4.98 Å². The van der Waals surface area contributed by atoms with Gasteiger partial charge in [0.15, 0.2) is 5.13 Å². The molecule has 1 aromatic rings. The molecule has 0 aromatic carbocycles. The molecule has 0 radical (unpaired) electrons. The van der Waals surface area contributed by atoms with Crippen molar-refractivity contribution < 1.29 is 15.0 Å². The lowest BCUT2D eigenvalue weighted by Gasteiger charge is -2.07. The maximum absolute atomic E-state index is 11.3. The van der Waals surface area contributed by atoms with Crippen LogP contribution in [-0.2, 0) is 11.2 Å². The molecular weight excluding hydrogens is 218 g/mol. The fraction of sp³-hybridized carbons (Fsp3) is 0.500. The first-order valence-corrected chi connectivity index (χ1v) is 5.25. The molecule has 15 heavy (non-hydrogen) atoms. The van der Waals surface area contributed by atoms with Crippen LogP contribution in [0.15, 0.2) is 5.38 Å². The molecule has 7 heteroatoms. The molecular formula is C8H13N3O3S. The number of nitrogens with two attached hydrogens (primary N) is 1. The molecule has 0 aliphatic heterocycles. The van der Waals surface area contributed by atoms with Crippen LogP contribution in [0.2, 0.25) is 0 Å². The van der Waals surface area contributed by atoms with Crippen LogP contribution in [0.25, 0.3) is 0 Å². The lowest BCUT2D eigenvalue weighted by molar-refractivity contribution is -0.121. The van der Waals surface area contributed by atoms with Crippen LogP contribution in [0.5, 0.6) is 0 Å². The smallest absolute Gasteiger partial charge is 0.226 e. The number of hydrogen-bond acceptors (Lipinski definition) is 6. The molecule has 0 fully saturated rings. The van der Waals surface area contributed by atoms with Gasteiger partial charge in [-0.15, -0.1) is 11.3 Å². The number of thiazole rings is 1. The number of aliphatic hydroxyl groups excluding tert-OH is 2. The van der Waals surface area contributed by atoms with E-state index in [2.05, 4.69) is 10.3 Å². The van der Waals surface area contributed by atoms with E-state index in [1.807, 2.05) is 0 Å². The monoisotopic (exact) mass is 231 g/mol. The van der Waals surface area contributed by atoms with E-state index in [0.717, 1.165) is 0 Å². The third-order valence-electron chi connectivity index (χ3n) is 1.66. The highest BCUT2D eigenvalue weighted by atomic mass is 32.1. The summed E-state index contributed by atoms with van der Waals surface area (Å²) in [6.45, 7) is -0.334. The maximum Gasteiger partial charge on any atom is 0.226 e. The number of rotatable bonds is 5. The Hall–Kier alpha value is -1.18. The Morgan fingerprint density at radius 3 is 3.00 bits per heavy atom. The van der Waals surface area contributed by atoms with Crippen molar-refractivity contribution in [3.8, 4) is 0 Å². The van der Waals surface area contributed by atoms with E-state index in [0.29, 0.717) is 10.8 Å². The van der Waals surface area contributed by atoms with Crippen molar-refractivity contribution in [2.45, 2.75) is 12.5 Å². The average molecular weight is 231 g/mol. The first-order chi connectivity index (χ1) is 7.11. The zero-order valence-electron chi connectivity index (χ0n) is 8.01. The fourth-order valence-electron chi connectivity index (χ4n) is 0.927. The van der Waals surface area contributed by atoms with Crippen LogP contribution in [-0.4, -0.2) is 40.4 Å². The standard InChI is InChI=1S/C8H13N3O3S/c9-8-11-5(4-15-8)1-7(14)10-2-6(13)3-12/h4,6,12-13H,1-3H2,(H2,9,11)(H,10,14). The van der Waals surface area contributed by atoms with Gasteiger partial charge in [-0.1, -0.05) is 0 Å². The van der Waals surface area contributed by atoms with Crippen LogP contribution in [0.3, 0.4) is 0 Å². The number of aliphatic hydroxyl groups is 2. The SMILES string of the molecule is Nc1nc(CC(=O)NCC(O)CO)cs1. The van der Waals surface area contributed by atoms with E-state index < -0.39 is 6.10 Å². The van der Waals surface area contributed by atoms with Crippen molar-refractivity contribution in [1.82, 2.24) is 10.3 Å². The number of aromatic nitrogens is 1. The van der Waals surface area contributed by atoms with Gasteiger partial charge in [0.2, 0.25) is 5.91 Å². The molecule has 84 valence electrons. The van der Waals surface area contributed by atoms with Crippen LogP contribution >= 0.6 is 11.3 Å². The summed E-state index contributed by atoms with van der Waals surface area (Å²) >= 11 is 1.27. The highest BCUT2D eigenvalue weighted by Crippen LogP contribution is 2.11. The fourth-order valence-corrected chi connectivity index (χ4v) is 1.49. The second-order valence-corrected chi connectivity index (χ2v) is 3.88. The summed E-state index contributed by atoms with van der Waals surface area (Å²) in [6, 6.07) is 0. The molecule has 1 amide bonds. The number of nitrogens with one attached hydrogen (secondary N) is 1. The number of amides is 1. The van der Waals surface area contributed by atoms with Crippen molar-refractivity contribution in [2.75, 3.05) is 18.9 Å². The van der Waals surface area contributed by atoms with E-state index in [9.17, 15) is 4.79 Å². The summed E-state index contributed by atoms with van der Waals surface area (Å²) < 4.78 is 0. The van der Waals surface area contributed by atoms with Crippen molar-refractivity contribution in [3.05, 3.63) is 11.1 Å². The molecule has 5 N–H and O–H groups in total. The van der Waals surface area contributed by atoms with E-state index >= 15 is 0 Å². The van der Waals surface area contributed by atoms with Crippen LogP contribution in [0.1, 0.15) is 5.69 Å². The Morgan fingerprint density at radius 1 is 1.73 bits per heavy atom. The second-order valence-electron chi connectivity index (χ2n) is 2.99.